The van der Waals surface area contributed by atoms with Gasteiger partial charge in [-0.15, -0.1) is 0 Å². The molecular formula is C29H23FN4O3. The first kappa shape index (κ1) is 22.1. The fourth-order valence-corrected chi connectivity index (χ4v) is 6.59. The Morgan fingerprint density at radius 1 is 0.892 bits per heavy atom. The third-order valence-electron chi connectivity index (χ3n) is 8.11. The molecule has 3 aliphatic heterocycles. The van der Waals surface area contributed by atoms with Gasteiger partial charge in [-0.25, -0.2) is 14.3 Å². The molecule has 37 heavy (non-hydrogen) atoms. The van der Waals surface area contributed by atoms with E-state index in [4.69, 9.17) is 4.98 Å². The Hall–Kier alpha value is -4.17. The molecule has 7 nitrogen and oxygen atoms in total. The summed E-state index contributed by atoms with van der Waals surface area (Å²) in [7, 11) is 0. The number of carbonyl (C=O) groups excluding carboxylic acids is 2. The fourth-order valence-electron chi connectivity index (χ4n) is 6.59. The Balaban J connectivity index is 1.55. The molecule has 0 aliphatic carbocycles. The van der Waals surface area contributed by atoms with E-state index in [9.17, 15) is 18.8 Å². The molecule has 1 spiro atoms. The number of nitrogens with one attached hydrogen (secondary N) is 1. The average Bonchev–Trinajstić information content (AvgIpc) is 3.49. The smallest absolute Gasteiger partial charge is 0.266 e. The van der Waals surface area contributed by atoms with Gasteiger partial charge < -0.3 is 0 Å². The number of fused-ring (bicyclic) bond motifs is 8. The van der Waals surface area contributed by atoms with Gasteiger partial charge in [0.05, 0.1) is 34.1 Å². The number of carbonyl (C=O) groups is 2. The van der Waals surface area contributed by atoms with Gasteiger partial charge in [-0.3, -0.25) is 24.3 Å². The van der Waals surface area contributed by atoms with Crippen molar-refractivity contribution in [2.75, 3.05) is 4.90 Å². The van der Waals surface area contributed by atoms with Crippen LogP contribution in [0.25, 0.3) is 16.6 Å². The summed E-state index contributed by atoms with van der Waals surface area (Å²) >= 11 is 0. The SMILES string of the molecule is CC(C)[C@@H]1N[C@]2(c3ccccc3-n3c2nc2ccccc2c3=O)[C@H]2C(=O)N(c3ccccc3F)C(=O)[C@@H]12. The Morgan fingerprint density at radius 2 is 1.57 bits per heavy atom. The van der Waals surface area contributed by atoms with E-state index < -0.39 is 41.0 Å². The molecule has 184 valence electrons. The van der Waals surface area contributed by atoms with Gasteiger partial charge in [0.2, 0.25) is 11.8 Å². The molecule has 4 aromatic rings. The number of hydrogen-bond donors (Lipinski definition) is 1. The van der Waals surface area contributed by atoms with Crippen LogP contribution in [0.3, 0.4) is 0 Å². The number of nitrogens with zero attached hydrogens (tertiary/aromatic N) is 3. The second-order valence-corrected chi connectivity index (χ2v) is 10.3. The predicted molar refractivity (Wildman–Crippen MR) is 136 cm³/mol. The molecule has 3 aromatic carbocycles. The zero-order chi connectivity index (χ0) is 25.6. The summed E-state index contributed by atoms with van der Waals surface area (Å²) < 4.78 is 16.4. The molecule has 2 amide bonds. The van der Waals surface area contributed by atoms with Crippen molar-refractivity contribution in [3.8, 4) is 5.69 Å². The van der Waals surface area contributed by atoms with Gasteiger partial charge in [-0.2, -0.15) is 0 Å². The second-order valence-electron chi connectivity index (χ2n) is 10.3. The van der Waals surface area contributed by atoms with Gasteiger partial charge in [0.25, 0.3) is 5.56 Å². The van der Waals surface area contributed by atoms with Crippen molar-refractivity contribution in [3.63, 3.8) is 0 Å². The van der Waals surface area contributed by atoms with Gasteiger partial charge in [0.15, 0.2) is 0 Å². The lowest BCUT2D eigenvalue weighted by Gasteiger charge is -2.32. The molecule has 4 atom stereocenters. The number of amides is 2. The van der Waals surface area contributed by atoms with Crippen LogP contribution < -0.4 is 15.8 Å². The minimum atomic E-state index is -1.23. The summed E-state index contributed by atoms with van der Waals surface area (Å²) in [6.07, 6.45) is 0. The minimum absolute atomic E-state index is 0.0300. The summed E-state index contributed by atoms with van der Waals surface area (Å²) in [5.41, 5.74) is 0.330. The van der Waals surface area contributed by atoms with E-state index in [-0.39, 0.29) is 17.2 Å². The van der Waals surface area contributed by atoms with Crippen LogP contribution in [0.2, 0.25) is 0 Å². The van der Waals surface area contributed by atoms with Crippen LogP contribution in [0.15, 0.2) is 77.6 Å². The van der Waals surface area contributed by atoms with Crippen molar-refractivity contribution in [2.45, 2.75) is 25.4 Å². The monoisotopic (exact) mass is 494 g/mol. The van der Waals surface area contributed by atoms with Crippen LogP contribution in [0.1, 0.15) is 25.2 Å². The molecule has 4 heterocycles. The molecule has 0 radical (unpaired) electrons. The first-order chi connectivity index (χ1) is 17.9. The molecule has 0 saturated carbocycles. The number of benzene rings is 3. The predicted octanol–water partition coefficient (Wildman–Crippen LogP) is 3.52. The largest absolute Gasteiger partial charge is 0.296 e. The number of aromatic nitrogens is 2. The van der Waals surface area contributed by atoms with Crippen LogP contribution in [-0.4, -0.2) is 27.4 Å². The van der Waals surface area contributed by atoms with E-state index in [0.29, 0.717) is 28.0 Å². The Kier molecular flexibility index (Phi) is 4.43. The highest BCUT2D eigenvalue weighted by Crippen LogP contribution is 2.56. The van der Waals surface area contributed by atoms with Crippen molar-refractivity contribution in [3.05, 3.63) is 100 Å². The number of anilines is 1. The Labute approximate surface area is 211 Å². The number of hydrogen-bond acceptors (Lipinski definition) is 5. The molecular weight excluding hydrogens is 471 g/mol. The van der Waals surface area contributed by atoms with E-state index in [0.717, 1.165) is 4.90 Å². The van der Waals surface area contributed by atoms with Crippen molar-refractivity contribution in [1.29, 1.82) is 0 Å². The summed E-state index contributed by atoms with van der Waals surface area (Å²) in [6, 6.07) is 19.9. The van der Waals surface area contributed by atoms with Crippen LogP contribution in [0.4, 0.5) is 10.1 Å². The lowest BCUT2D eigenvalue weighted by molar-refractivity contribution is -0.123. The summed E-state index contributed by atoms with van der Waals surface area (Å²) in [4.78, 5) is 47.9. The van der Waals surface area contributed by atoms with E-state index in [2.05, 4.69) is 5.32 Å². The number of halogens is 1. The maximum absolute atomic E-state index is 14.9. The molecule has 2 saturated heterocycles. The van der Waals surface area contributed by atoms with Crippen LogP contribution in [0.5, 0.6) is 0 Å². The zero-order valence-corrected chi connectivity index (χ0v) is 20.2. The van der Waals surface area contributed by atoms with Crippen LogP contribution in [-0.2, 0) is 15.1 Å². The molecule has 0 unspecified atom stereocenters. The molecule has 3 aliphatic rings. The van der Waals surface area contributed by atoms with Crippen LogP contribution in [0, 0.1) is 23.6 Å². The maximum Gasteiger partial charge on any atom is 0.266 e. The molecule has 1 aromatic heterocycles. The highest BCUT2D eigenvalue weighted by molar-refractivity contribution is 6.23. The third-order valence-corrected chi connectivity index (χ3v) is 8.11. The van der Waals surface area contributed by atoms with Crippen molar-refractivity contribution in [2.24, 2.45) is 17.8 Å². The van der Waals surface area contributed by atoms with Crippen molar-refractivity contribution < 1.29 is 14.0 Å². The van der Waals surface area contributed by atoms with Gasteiger partial charge in [0, 0.05) is 11.6 Å². The van der Waals surface area contributed by atoms with Gasteiger partial charge in [-0.05, 0) is 36.2 Å². The van der Waals surface area contributed by atoms with Gasteiger partial charge in [-0.1, -0.05) is 56.3 Å². The second kappa shape index (κ2) is 7.43. The fraction of sp³-hybridized carbons (Fsp3) is 0.241. The zero-order valence-electron chi connectivity index (χ0n) is 20.2. The molecule has 8 heteroatoms. The van der Waals surface area contributed by atoms with Crippen LogP contribution >= 0.6 is 0 Å². The number of para-hydroxylation sites is 3. The highest BCUT2D eigenvalue weighted by Gasteiger charge is 2.70. The lowest BCUT2D eigenvalue weighted by atomic mass is 9.75. The standard InChI is InChI=1S/C29H23FN4O3/c1-15(2)24-22-23(27(37)33(26(22)36)21-14-8-5-11-18(21)30)29(32-24)17-10-4-7-13-20(17)34-25(35)16-9-3-6-12-19(16)31-28(29)34/h3-15,22-24,32H,1-2H3/t22-,23-,24+,29-/m1/s1. The molecule has 7 rings (SSSR count). The van der Waals surface area contributed by atoms with E-state index in [1.54, 1.807) is 28.8 Å². The van der Waals surface area contributed by atoms with E-state index in [1.165, 1.54) is 18.2 Å². The van der Waals surface area contributed by atoms with Gasteiger partial charge >= 0.3 is 0 Å². The summed E-state index contributed by atoms with van der Waals surface area (Å²) in [5, 5.41) is 4.10. The van der Waals surface area contributed by atoms with Crippen molar-refractivity contribution in [1.82, 2.24) is 14.9 Å². The summed E-state index contributed by atoms with van der Waals surface area (Å²) in [5.74, 6) is -2.89. The Morgan fingerprint density at radius 3 is 2.32 bits per heavy atom. The maximum atomic E-state index is 14.9. The quantitative estimate of drug-likeness (QED) is 0.431. The first-order valence-electron chi connectivity index (χ1n) is 12.4. The average molecular weight is 495 g/mol. The van der Waals surface area contributed by atoms with E-state index in [1.807, 2.05) is 44.2 Å². The highest BCUT2D eigenvalue weighted by atomic mass is 19.1. The number of rotatable bonds is 2. The topological polar surface area (TPSA) is 84.3 Å². The lowest BCUT2D eigenvalue weighted by Crippen LogP contribution is -2.51. The van der Waals surface area contributed by atoms with E-state index >= 15 is 0 Å². The Bertz CT molecular complexity index is 1710. The summed E-state index contributed by atoms with van der Waals surface area (Å²) in [6.45, 7) is 3.97. The van der Waals surface area contributed by atoms with Crippen molar-refractivity contribution >= 4 is 28.4 Å². The normalized spacial score (nSPS) is 25.8. The number of imide groups is 1. The molecule has 0 bridgehead atoms. The first-order valence-corrected chi connectivity index (χ1v) is 12.4. The third kappa shape index (κ3) is 2.63. The molecule has 2 fully saturated rings. The van der Waals surface area contributed by atoms with Gasteiger partial charge in [0.1, 0.15) is 17.2 Å². The molecule has 1 N–H and O–H groups in total. The minimum Gasteiger partial charge on any atom is -0.296 e.